The molecule has 1 fully saturated rings. The maximum atomic E-state index is 3.80. The first-order valence-electron chi connectivity index (χ1n) is 6.23. The highest BCUT2D eigenvalue weighted by molar-refractivity contribution is 4.87. The SMILES string of the molecule is C=CCCC(NCCCN(C)C)C1CC1. The quantitative estimate of drug-likeness (QED) is 0.464. The Balaban J connectivity index is 2.06. The third-order valence-electron chi connectivity index (χ3n) is 3.06. The van der Waals surface area contributed by atoms with Crippen molar-refractivity contribution in [3.8, 4) is 0 Å². The molecule has 2 heteroatoms. The molecule has 15 heavy (non-hydrogen) atoms. The molecule has 88 valence electrons. The fraction of sp³-hybridized carbons (Fsp3) is 0.846. The molecule has 1 N–H and O–H groups in total. The van der Waals surface area contributed by atoms with Crippen LogP contribution in [0, 0.1) is 5.92 Å². The van der Waals surface area contributed by atoms with E-state index in [1.807, 2.05) is 6.08 Å². The summed E-state index contributed by atoms with van der Waals surface area (Å²) in [5.41, 5.74) is 0. The predicted molar refractivity (Wildman–Crippen MR) is 67.1 cm³/mol. The van der Waals surface area contributed by atoms with Crippen molar-refractivity contribution < 1.29 is 0 Å². The molecular formula is C13H26N2. The highest BCUT2D eigenvalue weighted by Crippen LogP contribution is 2.34. The Bertz CT molecular complexity index is 173. The number of allylic oxidation sites excluding steroid dienone is 1. The molecule has 0 amide bonds. The third-order valence-corrected chi connectivity index (χ3v) is 3.06. The summed E-state index contributed by atoms with van der Waals surface area (Å²) in [5.74, 6) is 0.962. The number of rotatable bonds is 9. The first-order valence-corrected chi connectivity index (χ1v) is 6.23. The van der Waals surface area contributed by atoms with Gasteiger partial charge in [0.15, 0.2) is 0 Å². The van der Waals surface area contributed by atoms with Gasteiger partial charge in [-0.3, -0.25) is 0 Å². The van der Waals surface area contributed by atoms with E-state index in [2.05, 4.69) is 30.9 Å². The van der Waals surface area contributed by atoms with E-state index in [9.17, 15) is 0 Å². The van der Waals surface area contributed by atoms with Crippen LogP contribution in [0.1, 0.15) is 32.1 Å². The topological polar surface area (TPSA) is 15.3 Å². The van der Waals surface area contributed by atoms with Crippen molar-refractivity contribution in [2.24, 2.45) is 5.92 Å². The van der Waals surface area contributed by atoms with Crippen molar-refractivity contribution in [1.82, 2.24) is 10.2 Å². The minimum Gasteiger partial charge on any atom is -0.314 e. The Morgan fingerprint density at radius 1 is 1.47 bits per heavy atom. The summed E-state index contributed by atoms with van der Waals surface area (Å²) in [6, 6.07) is 0.755. The molecule has 0 spiro atoms. The summed E-state index contributed by atoms with van der Waals surface area (Å²) >= 11 is 0. The number of hydrogen-bond acceptors (Lipinski definition) is 2. The standard InChI is InChI=1S/C13H26N2/c1-4-5-7-13(12-8-9-12)14-10-6-11-15(2)3/h4,12-14H,1,5-11H2,2-3H3. The fourth-order valence-electron chi connectivity index (χ4n) is 1.98. The van der Waals surface area contributed by atoms with Gasteiger partial charge in [0.2, 0.25) is 0 Å². The van der Waals surface area contributed by atoms with Crippen LogP contribution >= 0.6 is 0 Å². The molecule has 1 aliphatic carbocycles. The molecule has 0 bridgehead atoms. The lowest BCUT2D eigenvalue weighted by atomic mass is 10.1. The van der Waals surface area contributed by atoms with Crippen LogP contribution in [0.25, 0.3) is 0 Å². The van der Waals surface area contributed by atoms with Gasteiger partial charge in [0.1, 0.15) is 0 Å². The fourth-order valence-corrected chi connectivity index (χ4v) is 1.98. The van der Waals surface area contributed by atoms with E-state index in [0.29, 0.717) is 0 Å². The second-order valence-corrected chi connectivity index (χ2v) is 4.92. The van der Waals surface area contributed by atoms with Crippen LogP contribution in [0.3, 0.4) is 0 Å². The van der Waals surface area contributed by atoms with Gasteiger partial charge in [-0.15, -0.1) is 6.58 Å². The minimum absolute atomic E-state index is 0.755. The maximum absolute atomic E-state index is 3.80. The molecule has 0 aliphatic heterocycles. The third kappa shape index (κ3) is 5.95. The Morgan fingerprint density at radius 2 is 2.20 bits per heavy atom. The van der Waals surface area contributed by atoms with Crippen molar-refractivity contribution in [2.75, 3.05) is 27.2 Å². The largest absolute Gasteiger partial charge is 0.314 e. The number of hydrogen-bond donors (Lipinski definition) is 1. The summed E-state index contributed by atoms with van der Waals surface area (Å²) in [6.45, 7) is 6.15. The van der Waals surface area contributed by atoms with Gasteiger partial charge in [0, 0.05) is 6.04 Å². The van der Waals surface area contributed by atoms with Crippen molar-refractivity contribution in [3.05, 3.63) is 12.7 Å². The Hall–Kier alpha value is -0.340. The molecule has 1 unspecified atom stereocenters. The zero-order valence-electron chi connectivity index (χ0n) is 10.3. The Kier molecular flexibility index (Phi) is 5.96. The maximum Gasteiger partial charge on any atom is 0.00982 e. The van der Waals surface area contributed by atoms with Gasteiger partial charge >= 0.3 is 0 Å². The monoisotopic (exact) mass is 210 g/mol. The van der Waals surface area contributed by atoms with E-state index in [1.54, 1.807) is 0 Å². The van der Waals surface area contributed by atoms with Crippen molar-refractivity contribution in [2.45, 2.75) is 38.1 Å². The van der Waals surface area contributed by atoms with Gasteiger partial charge in [-0.1, -0.05) is 6.08 Å². The molecule has 0 heterocycles. The molecule has 0 radical (unpaired) electrons. The summed E-state index contributed by atoms with van der Waals surface area (Å²) in [5, 5.41) is 3.70. The van der Waals surface area contributed by atoms with Crippen molar-refractivity contribution in [3.63, 3.8) is 0 Å². The van der Waals surface area contributed by atoms with Crippen molar-refractivity contribution in [1.29, 1.82) is 0 Å². The first kappa shape index (κ1) is 12.7. The zero-order chi connectivity index (χ0) is 11.1. The summed E-state index contributed by atoms with van der Waals surface area (Å²) < 4.78 is 0. The van der Waals surface area contributed by atoms with Crippen LogP contribution < -0.4 is 5.32 Å². The van der Waals surface area contributed by atoms with Gasteiger partial charge in [0.05, 0.1) is 0 Å². The summed E-state index contributed by atoms with van der Waals surface area (Å²) in [4.78, 5) is 2.25. The molecule has 1 saturated carbocycles. The molecular weight excluding hydrogens is 184 g/mol. The van der Waals surface area contributed by atoms with Crippen LogP contribution in [-0.2, 0) is 0 Å². The molecule has 2 nitrogen and oxygen atoms in total. The van der Waals surface area contributed by atoms with Crippen molar-refractivity contribution >= 4 is 0 Å². The Morgan fingerprint density at radius 3 is 2.73 bits per heavy atom. The smallest absolute Gasteiger partial charge is 0.00982 e. The Labute approximate surface area is 94.7 Å². The first-order chi connectivity index (χ1) is 7.24. The highest BCUT2D eigenvalue weighted by atomic mass is 15.1. The molecule has 0 aromatic carbocycles. The molecule has 0 saturated heterocycles. The zero-order valence-corrected chi connectivity index (χ0v) is 10.3. The average molecular weight is 210 g/mol. The van der Waals surface area contributed by atoms with Crippen LogP contribution in [-0.4, -0.2) is 38.1 Å². The highest BCUT2D eigenvalue weighted by Gasteiger charge is 2.29. The normalized spacial score (nSPS) is 18.1. The van der Waals surface area contributed by atoms with Crippen LogP contribution in [0.2, 0.25) is 0 Å². The van der Waals surface area contributed by atoms with Gasteiger partial charge in [-0.05, 0) is 65.2 Å². The van der Waals surface area contributed by atoms with Crippen LogP contribution in [0.15, 0.2) is 12.7 Å². The van der Waals surface area contributed by atoms with Crippen LogP contribution in [0.5, 0.6) is 0 Å². The van der Waals surface area contributed by atoms with Crippen LogP contribution in [0.4, 0.5) is 0 Å². The minimum atomic E-state index is 0.755. The second-order valence-electron chi connectivity index (χ2n) is 4.92. The number of nitrogens with zero attached hydrogens (tertiary/aromatic N) is 1. The van der Waals surface area contributed by atoms with E-state index < -0.39 is 0 Å². The van der Waals surface area contributed by atoms with E-state index in [4.69, 9.17) is 0 Å². The van der Waals surface area contributed by atoms with E-state index >= 15 is 0 Å². The lowest BCUT2D eigenvalue weighted by Gasteiger charge is -2.18. The molecule has 0 aromatic heterocycles. The van der Waals surface area contributed by atoms with Gasteiger partial charge in [0.25, 0.3) is 0 Å². The van der Waals surface area contributed by atoms with E-state index in [0.717, 1.165) is 24.9 Å². The van der Waals surface area contributed by atoms with Gasteiger partial charge in [-0.2, -0.15) is 0 Å². The lowest BCUT2D eigenvalue weighted by molar-refractivity contribution is 0.373. The van der Waals surface area contributed by atoms with Gasteiger partial charge < -0.3 is 10.2 Å². The van der Waals surface area contributed by atoms with E-state index in [1.165, 1.54) is 32.2 Å². The molecule has 1 aliphatic rings. The average Bonchev–Trinajstić information content (AvgIpc) is 3.00. The number of nitrogens with one attached hydrogen (secondary N) is 1. The lowest BCUT2D eigenvalue weighted by Crippen LogP contribution is -2.33. The summed E-state index contributed by atoms with van der Waals surface area (Å²) in [6.07, 6.45) is 8.59. The second kappa shape index (κ2) is 7.02. The van der Waals surface area contributed by atoms with Gasteiger partial charge in [-0.25, -0.2) is 0 Å². The molecule has 1 rings (SSSR count). The summed E-state index contributed by atoms with van der Waals surface area (Å²) in [7, 11) is 4.27. The molecule has 0 aromatic rings. The molecule has 1 atom stereocenters. The predicted octanol–water partition coefficient (Wildman–Crippen LogP) is 2.27. The van der Waals surface area contributed by atoms with E-state index in [-0.39, 0.29) is 0 Å².